The van der Waals surface area contributed by atoms with Gasteiger partial charge in [-0.15, -0.1) is 24.0 Å². The molecule has 2 aromatic carbocycles. The van der Waals surface area contributed by atoms with E-state index >= 15 is 0 Å². The van der Waals surface area contributed by atoms with Gasteiger partial charge in [0.25, 0.3) is 5.91 Å². The van der Waals surface area contributed by atoms with Gasteiger partial charge in [-0.05, 0) is 42.3 Å². The summed E-state index contributed by atoms with van der Waals surface area (Å²) in [7, 11) is 1.72. The number of hydrogen-bond donors (Lipinski definition) is 3. The highest BCUT2D eigenvalue weighted by Gasteiger charge is 2.13. The Bertz CT molecular complexity index is 863. The van der Waals surface area contributed by atoms with Crippen LogP contribution in [0.15, 0.2) is 51.9 Å². The summed E-state index contributed by atoms with van der Waals surface area (Å²) >= 11 is 3.37. The first kappa shape index (κ1) is 23.3. The van der Waals surface area contributed by atoms with Crippen LogP contribution < -0.4 is 25.4 Å². The minimum atomic E-state index is -0.103. The fraction of sp³-hybridized carbons (Fsp3) is 0.300. The van der Waals surface area contributed by atoms with Crippen molar-refractivity contribution in [2.75, 3.05) is 33.5 Å². The van der Waals surface area contributed by atoms with Crippen molar-refractivity contribution in [1.29, 1.82) is 0 Å². The van der Waals surface area contributed by atoms with E-state index in [1.54, 1.807) is 19.2 Å². The maximum absolute atomic E-state index is 12.1. The van der Waals surface area contributed by atoms with Gasteiger partial charge in [-0.1, -0.05) is 28.1 Å². The molecule has 7 nitrogen and oxygen atoms in total. The van der Waals surface area contributed by atoms with Crippen molar-refractivity contribution in [2.24, 2.45) is 4.99 Å². The van der Waals surface area contributed by atoms with Crippen molar-refractivity contribution < 1.29 is 14.3 Å². The number of nitrogens with zero attached hydrogens (tertiary/aromatic N) is 1. The second-order valence-corrected chi connectivity index (χ2v) is 7.05. The fourth-order valence-electron chi connectivity index (χ4n) is 2.73. The van der Waals surface area contributed by atoms with E-state index in [0.29, 0.717) is 24.6 Å². The number of fused-ring (bicyclic) bond motifs is 1. The Kier molecular flexibility index (Phi) is 9.52. The molecule has 0 atom stereocenters. The van der Waals surface area contributed by atoms with Gasteiger partial charge in [-0.2, -0.15) is 0 Å². The summed E-state index contributed by atoms with van der Waals surface area (Å²) in [5, 5.41) is 9.33. The van der Waals surface area contributed by atoms with Crippen LogP contribution in [0, 0.1) is 0 Å². The van der Waals surface area contributed by atoms with E-state index < -0.39 is 0 Å². The highest BCUT2D eigenvalue weighted by Crippen LogP contribution is 2.32. The Labute approximate surface area is 195 Å². The third-order valence-corrected chi connectivity index (χ3v) is 4.65. The summed E-state index contributed by atoms with van der Waals surface area (Å²) in [4.78, 5) is 16.3. The van der Waals surface area contributed by atoms with Gasteiger partial charge in [0.1, 0.15) is 0 Å². The van der Waals surface area contributed by atoms with Gasteiger partial charge in [0.05, 0.1) is 0 Å². The molecule has 1 aliphatic heterocycles. The zero-order chi connectivity index (χ0) is 19.8. The number of rotatable bonds is 7. The maximum atomic E-state index is 12.1. The lowest BCUT2D eigenvalue weighted by atomic mass is 10.1. The molecule has 0 aliphatic carbocycles. The summed E-state index contributed by atoms with van der Waals surface area (Å²) < 4.78 is 11.6. The molecule has 1 heterocycles. The summed E-state index contributed by atoms with van der Waals surface area (Å²) in [6.45, 7) is 2.08. The Morgan fingerprint density at radius 2 is 1.79 bits per heavy atom. The number of carbonyl (C=O) groups is 1. The van der Waals surface area contributed by atoms with E-state index in [4.69, 9.17) is 9.47 Å². The molecule has 3 rings (SSSR count). The number of carbonyl (C=O) groups excluding carboxylic acids is 1. The summed E-state index contributed by atoms with van der Waals surface area (Å²) in [5.74, 6) is 2.17. The molecular weight excluding hydrogens is 551 g/mol. The molecule has 0 saturated heterocycles. The highest BCUT2D eigenvalue weighted by atomic mass is 127. The van der Waals surface area contributed by atoms with E-state index in [2.05, 4.69) is 36.9 Å². The van der Waals surface area contributed by atoms with E-state index in [-0.39, 0.29) is 36.7 Å². The number of nitrogens with one attached hydrogen (secondary N) is 3. The number of benzene rings is 2. The van der Waals surface area contributed by atoms with Crippen molar-refractivity contribution in [1.82, 2.24) is 16.0 Å². The molecule has 0 unspecified atom stereocenters. The topological polar surface area (TPSA) is 84.0 Å². The third-order valence-electron chi connectivity index (χ3n) is 4.16. The van der Waals surface area contributed by atoms with Crippen LogP contribution in [-0.4, -0.2) is 45.3 Å². The molecule has 2 aromatic rings. The van der Waals surface area contributed by atoms with Crippen LogP contribution in [0.5, 0.6) is 11.5 Å². The molecule has 1 aliphatic rings. The molecular formula is C20H24BrIN4O3. The standard InChI is InChI=1S/C20H23BrN4O3.HI/c1-22-20(24-8-7-14-5-6-17-18(11-14)28-13-27-17)25-10-9-23-19(26)15-3-2-4-16(21)12-15;/h2-6,11-12H,7-10,13H2,1H3,(H,23,26)(H2,22,24,25);1H. The zero-order valence-corrected chi connectivity index (χ0v) is 20.0. The van der Waals surface area contributed by atoms with Gasteiger partial charge in [-0.3, -0.25) is 9.79 Å². The van der Waals surface area contributed by atoms with Crippen molar-refractivity contribution in [3.8, 4) is 11.5 Å². The van der Waals surface area contributed by atoms with Gasteiger partial charge in [0, 0.05) is 36.7 Å². The van der Waals surface area contributed by atoms with Crippen LogP contribution in [0.3, 0.4) is 0 Å². The lowest BCUT2D eigenvalue weighted by Crippen LogP contribution is -2.42. The second-order valence-electron chi connectivity index (χ2n) is 6.13. The molecule has 29 heavy (non-hydrogen) atoms. The smallest absolute Gasteiger partial charge is 0.251 e. The Morgan fingerprint density at radius 1 is 1.03 bits per heavy atom. The molecule has 0 radical (unpaired) electrons. The van der Waals surface area contributed by atoms with Crippen LogP contribution in [0.2, 0.25) is 0 Å². The number of guanidine groups is 1. The van der Waals surface area contributed by atoms with Gasteiger partial charge in [0.15, 0.2) is 17.5 Å². The molecule has 3 N–H and O–H groups in total. The van der Waals surface area contributed by atoms with Gasteiger partial charge < -0.3 is 25.4 Å². The van der Waals surface area contributed by atoms with Crippen molar-refractivity contribution in [2.45, 2.75) is 6.42 Å². The predicted molar refractivity (Wildman–Crippen MR) is 128 cm³/mol. The van der Waals surface area contributed by atoms with Gasteiger partial charge in [-0.25, -0.2) is 0 Å². The Morgan fingerprint density at radius 3 is 2.59 bits per heavy atom. The number of aliphatic imine (C=N–C) groups is 1. The van der Waals surface area contributed by atoms with E-state index in [9.17, 15) is 4.79 Å². The highest BCUT2D eigenvalue weighted by molar-refractivity contribution is 14.0. The van der Waals surface area contributed by atoms with E-state index in [1.165, 1.54) is 0 Å². The van der Waals surface area contributed by atoms with Crippen LogP contribution in [0.25, 0.3) is 0 Å². The Hall–Kier alpha value is -2.01. The van der Waals surface area contributed by atoms with E-state index in [0.717, 1.165) is 34.5 Å². The summed E-state index contributed by atoms with van der Waals surface area (Å²) in [6.07, 6.45) is 0.830. The fourth-order valence-corrected chi connectivity index (χ4v) is 3.13. The molecule has 0 fully saturated rings. The molecule has 156 valence electrons. The minimum absolute atomic E-state index is 0. The zero-order valence-electron chi connectivity index (χ0n) is 16.0. The number of amides is 1. The predicted octanol–water partition coefficient (Wildman–Crippen LogP) is 2.93. The first-order valence-corrected chi connectivity index (χ1v) is 9.82. The van der Waals surface area contributed by atoms with Crippen molar-refractivity contribution >= 4 is 51.8 Å². The van der Waals surface area contributed by atoms with E-state index in [1.807, 2.05) is 30.3 Å². The monoisotopic (exact) mass is 574 g/mol. The third kappa shape index (κ3) is 7.07. The minimum Gasteiger partial charge on any atom is -0.454 e. The van der Waals surface area contributed by atoms with Crippen LogP contribution in [0.1, 0.15) is 15.9 Å². The first-order valence-electron chi connectivity index (χ1n) is 9.02. The normalized spacial score (nSPS) is 12.1. The van der Waals surface area contributed by atoms with Crippen LogP contribution in [0.4, 0.5) is 0 Å². The van der Waals surface area contributed by atoms with Crippen LogP contribution >= 0.6 is 39.9 Å². The summed E-state index contributed by atoms with van der Waals surface area (Å²) in [6, 6.07) is 13.3. The largest absolute Gasteiger partial charge is 0.454 e. The van der Waals surface area contributed by atoms with Crippen molar-refractivity contribution in [3.63, 3.8) is 0 Å². The average Bonchev–Trinajstić information content (AvgIpc) is 3.17. The maximum Gasteiger partial charge on any atom is 0.251 e. The summed E-state index contributed by atoms with van der Waals surface area (Å²) in [5.41, 5.74) is 1.79. The Balaban J connectivity index is 0.00000300. The molecule has 9 heteroatoms. The second kappa shape index (κ2) is 11.9. The molecule has 0 saturated carbocycles. The SMILES string of the molecule is CN=C(NCCNC(=O)c1cccc(Br)c1)NCCc1ccc2c(c1)OCO2.I. The quantitative estimate of drug-likeness (QED) is 0.205. The first-order chi connectivity index (χ1) is 13.7. The van der Waals surface area contributed by atoms with Gasteiger partial charge in [0.2, 0.25) is 6.79 Å². The molecule has 1 amide bonds. The molecule has 0 aromatic heterocycles. The van der Waals surface area contributed by atoms with Crippen LogP contribution in [-0.2, 0) is 6.42 Å². The molecule has 0 spiro atoms. The number of ether oxygens (including phenoxy) is 2. The number of hydrogen-bond acceptors (Lipinski definition) is 4. The molecule has 0 bridgehead atoms. The lowest BCUT2D eigenvalue weighted by Gasteiger charge is -2.12. The van der Waals surface area contributed by atoms with Gasteiger partial charge >= 0.3 is 0 Å². The average molecular weight is 575 g/mol. The number of halogens is 2. The lowest BCUT2D eigenvalue weighted by molar-refractivity contribution is 0.0954. The van der Waals surface area contributed by atoms with Crippen molar-refractivity contribution in [3.05, 3.63) is 58.1 Å².